The van der Waals surface area contributed by atoms with Crippen molar-refractivity contribution in [1.29, 1.82) is 0 Å². The van der Waals surface area contributed by atoms with Crippen molar-refractivity contribution in [2.24, 2.45) is 5.73 Å². The second kappa shape index (κ2) is 7.33. The van der Waals surface area contributed by atoms with E-state index in [4.69, 9.17) is 5.73 Å². The first-order valence-electron chi connectivity index (χ1n) is 7.11. The van der Waals surface area contributed by atoms with Gasteiger partial charge in [-0.05, 0) is 17.2 Å². The lowest BCUT2D eigenvalue weighted by molar-refractivity contribution is -0.137. The topological polar surface area (TPSA) is 72.2 Å². The Kier molecular flexibility index (Phi) is 5.63. The molecule has 1 atom stereocenters. The molecule has 0 saturated heterocycles. The molecule has 130 valence electrons. The van der Waals surface area contributed by atoms with Crippen LogP contribution in [0.25, 0.3) is 0 Å². The zero-order valence-electron chi connectivity index (χ0n) is 12.6. The minimum Gasteiger partial charge on any atom is -0.323 e. The lowest BCUT2D eigenvalue weighted by atomic mass is 10.1. The molecule has 0 bridgehead atoms. The number of rotatable bonds is 6. The zero-order chi connectivity index (χ0) is 17.8. The van der Waals surface area contributed by atoms with Gasteiger partial charge in [-0.25, -0.2) is 13.1 Å². The molecule has 8 heteroatoms. The molecule has 24 heavy (non-hydrogen) atoms. The molecule has 2 aromatic carbocycles. The molecule has 0 amide bonds. The molecule has 1 unspecified atom stereocenters. The van der Waals surface area contributed by atoms with Crippen LogP contribution in [0.3, 0.4) is 0 Å². The van der Waals surface area contributed by atoms with Crippen LogP contribution in [-0.2, 0) is 22.0 Å². The van der Waals surface area contributed by atoms with Crippen molar-refractivity contribution in [3.63, 3.8) is 0 Å². The van der Waals surface area contributed by atoms with Gasteiger partial charge in [-0.2, -0.15) is 13.2 Å². The molecule has 0 heterocycles. The number of hydrogen-bond acceptors (Lipinski definition) is 3. The van der Waals surface area contributed by atoms with Gasteiger partial charge in [0.1, 0.15) is 0 Å². The fourth-order valence-electron chi connectivity index (χ4n) is 2.14. The van der Waals surface area contributed by atoms with Crippen molar-refractivity contribution >= 4 is 10.0 Å². The molecule has 0 aliphatic carbocycles. The highest BCUT2D eigenvalue weighted by molar-refractivity contribution is 7.88. The highest BCUT2D eigenvalue weighted by Crippen LogP contribution is 2.29. The van der Waals surface area contributed by atoms with E-state index in [0.717, 1.165) is 17.7 Å². The monoisotopic (exact) mass is 358 g/mol. The van der Waals surface area contributed by atoms with Crippen molar-refractivity contribution < 1.29 is 21.6 Å². The van der Waals surface area contributed by atoms with E-state index in [-0.39, 0.29) is 12.1 Å². The Bertz CT molecular complexity index is 777. The third-order valence-corrected chi connectivity index (χ3v) is 4.68. The summed E-state index contributed by atoms with van der Waals surface area (Å²) in [5.41, 5.74) is 5.85. The maximum Gasteiger partial charge on any atom is 0.416 e. The Morgan fingerprint density at radius 1 is 1.04 bits per heavy atom. The summed E-state index contributed by atoms with van der Waals surface area (Å²) in [5.74, 6) is -0.543. The van der Waals surface area contributed by atoms with Crippen molar-refractivity contribution in [3.8, 4) is 0 Å². The van der Waals surface area contributed by atoms with Gasteiger partial charge >= 0.3 is 6.18 Å². The number of benzene rings is 2. The summed E-state index contributed by atoms with van der Waals surface area (Å²) >= 11 is 0. The fourth-order valence-corrected chi connectivity index (χ4v) is 3.30. The van der Waals surface area contributed by atoms with E-state index in [2.05, 4.69) is 4.72 Å². The Hall–Kier alpha value is -1.90. The lowest BCUT2D eigenvalue weighted by Crippen LogP contribution is -2.32. The number of nitrogens with one attached hydrogen (secondary N) is 1. The molecular weight excluding hydrogens is 341 g/mol. The number of hydrogen-bond donors (Lipinski definition) is 2. The molecule has 0 spiro atoms. The summed E-state index contributed by atoms with van der Waals surface area (Å²) in [6.07, 6.45) is -4.51. The quantitative estimate of drug-likeness (QED) is 0.834. The van der Waals surface area contributed by atoms with Crippen molar-refractivity contribution in [1.82, 2.24) is 4.72 Å². The van der Waals surface area contributed by atoms with Crippen LogP contribution in [0.2, 0.25) is 0 Å². The van der Waals surface area contributed by atoms with Crippen molar-refractivity contribution in [2.75, 3.05) is 6.54 Å². The van der Waals surface area contributed by atoms with Gasteiger partial charge in [0.2, 0.25) is 10.0 Å². The van der Waals surface area contributed by atoms with Gasteiger partial charge in [-0.3, -0.25) is 0 Å². The van der Waals surface area contributed by atoms with Gasteiger partial charge < -0.3 is 5.73 Å². The molecule has 0 fully saturated rings. The van der Waals surface area contributed by atoms with Crippen LogP contribution < -0.4 is 10.5 Å². The molecule has 2 aromatic rings. The summed E-state index contributed by atoms with van der Waals surface area (Å²) in [7, 11) is -3.80. The van der Waals surface area contributed by atoms with Gasteiger partial charge in [0.25, 0.3) is 0 Å². The third-order valence-electron chi connectivity index (χ3n) is 3.36. The number of alkyl halides is 3. The number of halogens is 3. The van der Waals surface area contributed by atoms with E-state index in [1.54, 1.807) is 24.3 Å². The minimum absolute atomic E-state index is 0.0364. The van der Waals surface area contributed by atoms with Crippen LogP contribution in [0.4, 0.5) is 13.2 Å². The molecule has 4 nitrogen and oxygen atoms in total. The van der Waals surface area contributed by atoms with E-state index in [9.17, 15) is 21.6 Å². The Balaban J connectivity index is 2.01. The van der Waals surface area contributed by atoms with Crippen LogP contribution in [0.15, 0.2) is 54.6 Å². The summed E-state index contributed by atoms with van der Waals surface area (Å²) in [5, 5.41) is 0. The number of sulfonamides is 1. The predicted octanol–water partition coefficient (Wildman–Crippen LogP) is 2.82. The zero-order valence-corrected chi connectivity index (χ0v) is 13.4. The van der Waals surface area contributed by atoms with E-state index < -0.39 is 33.6 Å². The first-order valence-corrected chi connectivity index (χ1v) is 8.76. The van der Waals surface area contributed by atoms with Gasteiger partial charge in [0.15, 0.2) is 0 Å². The van der Waals surface area contributed by atoms with Crippen LogP contribution >= 0.6 is 0 Å². The Morgan fingerprint density at radius 2 is 1.71 bits per heavy atom. The smallest absolute Gasteiger partial charge is 0.323 e. The Morgan fingerprint density at radius 3 is 2.33 bits per heavy atom. The molecule has 0 aliphatic rings. The van der Waals surface area contributed by atoms with Crippen LogP contribution in [0.5, 0.6) is 0 Å². The highest BCUT2D eigenvalue weighted by Gasteiger charge is 2.30. The van der Waals surface area contributed by atoms with E-state index in [1.165, 1.54) is 12.1 Å². The predicted molar refractivity (Wildman–Crippen MR) is 85.4 cm³/mol. The van der Waals surface area contributed by atoms with Crippen molar-refractivity contribution in [2.45, 2.75) is 18.0 Å². The highest BCUT2D eigenvalue weighted by atomic mass is 32.2. The first kappa shape index (κ1) is 18.4. The molecule has 0 radical (unpaired) electrons. The second-order valence-corrected chi connectivity index (χ2v) is 7.13. The van der Waals surface area contributed by atoms with Gasteiger partial charge in [-0.1, -0.05) is 48.5 Å². The third kappa shape index (κ3) is 5.33. The average Bonchev–Trinajstić information content (AvgIpc) is 2.52. The van der Waals surface area contributed by atoms with Gasteiger partial charge in [-0.15, -0.1) is 0 Å². The first-order chi connectivity index (χ1) is 11.2. The van der Waals surface area contributed by atoms with Gasteiger partial charge in [0.05, 0.1) is 11.3 Å². The van der Waals surface area contributed by atoms with E-state index in [0.29, 0.717) is 0 Å². The average molecular weight is 358 g/mol. The fraction of sp³-hybridized carbons (Fsp3) is 0.250. The van der Waals surface area contributed by atoms with Gasteiger partial charge in [0, 0.05) is 12.6 Å². The van der Waals surface area contributed by atoms with E-state index in [1.807, 2.05) is 6.07 Å². The standard InChI is InChI=1S/C16H17F3N2O2S/c17-16(18,19)14-8-4-5-12(9-14)11-24(22,23)21-10-15(20)13-6-2-1-3-7-13/h1-9,15,21H,10-11,20H2. The summed E-state index contributed by atoms with van der Waals surface area (Å²) in [6.45, 7) is -0.0364. The molecule has 0 aromatic heterocycles. The maximum absolute atomic E-state index is 12.7. The van der Waals surface area contributed by atoms with Crippen LogP contribution in [0, 0.1) is 0 Å². The largest absolute Gasteiger partial charge is 0.416 e. The molecular formula is C16H17F3N2O2S. The molecule has 0 aliphatic heterocycles. The van der Waals surface area contributed by atoms with E-state index >= 15 is 0 Å². The summed E-state index contributed by atoms with van der Waals surface area (Å²) < 4.78 is 64.4. The summed E-state index contributed by atoms with van der Waals surface area (Å²) in [4.78, 5) is 0. The van der Waals surface area contributed by atoms with Crippen molar-refractivity contribution in [3.05, 3.63) is 71.3 Å². The molecule has 2 rings (SSSR count). The number of nitrogens with two attached hydrogens (primary N) is 1. The minimum atomic E-state index is -4.51. The second-order valence-electron chi connectivity index (χ2n) is 5.32. The molecule has 3 N–H and O–H groups in total. The lowest BCUT2D eigenvalue weighted by Gasteiger charge is -2.14. The molecule has 0 saturated carbocycles. The van der Waals surface area contributed by atoms with Crippen LogP contribution in [-0.4, -0.2) is 15.0 Å². The SMILES string of the molecule is NC(CNS(=O)(=O)Cc1cccc(C(F)(F)F)c1)c1ccccc1. The van der Waals surface area contributed by atoms with Crippen LogP contribution in [0.1, 0.15) is 22.7 Å². The maximum atomic E-state index is 12.7. The normalized spacial score (nSPS) is 13.7. The summed E-state index contributed by atoms with van der Waals surface area (Å²) in [6, 6.07) is 12.6. The Labute approximate surface area is 138 Å².